The zero-order valence-electron chi connectivity index (χ0n) is 12.9. The molecule has 1 aromatic heterocycles. The fourth-order valence-corrected chi connectivity index (χ4v) is 2.65. The van der Waals surface area contributed by atoms with Crippen molar-refractivity contribution in [2.75, 3.05) is 26.9 Å². The number of allylic oxidation sites excluding steroid dienone is 1. The number of nitriles is 1. The number of hydrogen-bond donors (Lipinski definition) is 1. The maximum Gasteiger partial charge on any atom is 0.221 e. The zero-order chi connectivity index (χ0) is 17.0. The first kappa shape index (κ1) is 17.5. The number of carbonyl (C=O) groups is 1. The summed E-state index contributed by atoms with van der Waals surface area (Å²) < 4.78 is 6.46. The Hall–Kier alpha value is -1.83. The fraction of sp³-hybridized carbons (Fsp3) is 0.250. The minimum absolute atomic E-state index is 0.0834. The van der Waals surface area contributed by atoms with Gasteiger partial charge in [0.25, 0.3) is 0 Å². The van der Waals surface area contributed by atoms with E-state index in [1.54, 1.807) is 25.1 Å². The number of aromatic amines is 1. The molecule has 0 saturated carbocycles. The molecule has 1 unspecified atom stereocenters. The second-order valence-electron chi connectivity index (χ2n) is 5.14. The molecule has 0 spiro atoms. The van der Waals surface area contributed by atoms with Gasteiger partial charge in [-0.3, -0.25) is 4.79 Å². The lowest BCUT2D eigenvalue weighted by atomic mass is 10.1. The zero-order valence-corrected chi connectivity index (χ0v) is 15.6. The number of benzene rings is 1. The molecule has 2 rings (SSSR count). The van der Waals surface area contributed by atoms with E-state index in [-0.39, 0.29) is 11.4 Å². The predicted octanol–water partition coefficient (Wildman–Crippen LogP) is 3.34. The van der Waals surface area contributed by atoms with Gasteiger partial charge in [-0.25, -0.2) is 0 Å². The van der Waals surface area contributed by atoms with Gasteiger partial charge < -0.3 is 14.6 Å². The van der Waals surface area contributed by atoms with Gasteiger partial charge in [-0.15, -0.1) is 9.24 Å². The molecule has 0 radical (unpaired) electrons. The number of nitrogens with one attached hydrogen (secondary N) is 1. The molecule has 0 bridgehead atoms. The van der Waals surface area contributed by atoms with Crippen molar-refractivity contribution >= 4 is 41.9 Å². The maximum atomic E-state index is 12.4. The average molecular weight is 394 g/mol. The van der Waals surface area contributed by atoms with Gasteiger partial charge in [0.05, 0.1) is 16.8 Å². The van der Waals surface area contributed by atoms with E-state index in [1.807, 2.05) is 18.2 Å². The van der Waals surface area contributed by atoms with Gasteiger partial charge in [-0.2, -0.15) is 5.26 Å². The highest BCUT2D eigenvalue weighted by molar-refractivity contribution is 9.10. The molecule has 1 aromatic carbocycles. The van der Waals surface area contributed by atoms with E-state index in [9.17, 15) is 4.79 Å². The first-order valence-corrected chi connectivity index (χ1v) is 8.55. The molecule has 23 heavy (non-hydrogen) atoms. The minimum Gasteiger partial charge on any atom is -0.492 e. The summed E-state index contributed by atoms with van der Waals surface area (Å²) >= 11 is 3.46. The van der Waals surface area contributed by atoms with Crippen molar-refractivity contribution in [3.8, 4) is 11.8 Å². The number of aromatic nitrogens is 1. The number of nitrogens with zero attached hydrogens (tertiary/aromatic N) is 2. The van der Waals surface area contributed by atoms with Crippen molar-refractivity contribution in [2.24, 2.45) is 0 Å². The number of halogens is 1. The van der Waals surface area contributed by atoms with Crippen molar-refractivity contribution in [1.82, 2.24) is 9.88 Å². The van der Waals surface area contributed by atoms with E-state index < -0.39 is 0 Å². The first-order chi connectivity index (χ1) is 11.0. The van der Waals surface area contributed by atoms with E-state index in [4.69, 9.17) is 10.00 Å². The topological polar surface area (TPSA) is 69.1 Å². The Labute approximate surface area is 145 Å². The van der Waals surface area contributed by atoms with Gasteiger partial charge in [0.15, 0.2) is 0 Å². The Kier molecular flexibility index (Phi) is 5.81. The van der Waals surface area contributed by atoms with Gasteiger partial charge in [0.2, 0.25) is 5.78 Å². The van der Waals surface area contributed by atoms with Crippen LogP contribution in [0.25, 0.3) is 10.9 Å². The molecule has 1 heterocycles. The number of carbonyl (C=O) groups excluding carboxylic acids is 1. The molecule has 120 valence electrons. The molecule has 5 nitrogen and oxygen atoms in total. The van der Waals surface area contributed by atoms with Crippen LogP contribution in [-0.4, -0.2) is 42.5 Å². The fourth-order valence-electron chi connectivity index (χ4n) is 2.08. The molecule has 0 aliphatic heterocycles. The summed E-state index contributed by atoms with van der Waals surface area (Å²) in [5.41, 5.74) is 1.27. The van der Waals surface area contributed by atoms with Crippen LogP contribution in [0.3, 0.4) is 0 Å². The lowest BCUT2D eigenvalue weighted by molar-refractivity contribution is 0.103. The van der Waals surface area contributed by atoms with Gasteiger partial charge in [0.1, 0.15) is 17.4 Å². The number of Topliss-reactive ketones (excluding diaryl/α,β-unsaturated/α-hetero) is 1. The lowest BCUT2D eigenvalue weighted by Gasteiger charge is -2.06. The quantitative estimate of drug-likeness (QED) is 0.353. The van der Waals surface area contributed by atoms with Crippen LogP contribution in [0.15, 0.2) is 34.4 Å². The average Bonchev–Trinajstić information content (AvgIpc) is 2.92. The Bertz CT molecular complexity index is 805. The second-order valence-corrected chi connectivity index (χ2v) is 6.57. The Morgan fingerprint density at radius 2 is 2.22 bits per heavy atom. The Morgan fingerprint density at radius 1 is 1.48 bits per heavy atom. The highest BCUT2D eigenvalue weighted by atomic mass is 79.9. The summed E-state index contributed by atoms with van der Waals surface area (Å²) in [7, 11) is 6.14. The van der Waals surface area contributed by atoms with E-state index >= 15 is 0 Å². The SMILES string of the molecule is CN(C)/C=C(\C#N)C(=O)c1cc2cc(OCCP)c(Br)cc2[nH]1. The van der Waals surface area contributed by atoms with Crippen LogP contribution in [0, 0.1) is 11.3 Å². The van der Waals surface area contributed by atoms with E-state index in [0.717, 1.165) is 27.3 Å². The summed E-state index contributed by atoms with van der Waals surface area (Å²) in [6, 6.07) is 7.41. The van der Waals surface area contributed by atoms with Crippen molar-refractivity contribution in [3.05, 3.63) is 40.1 Å². The van der Waals surface area contributed by atoms with Crippen molar-refractivity contribution < 1.29 is 9.53 Å². The number of ketones is 1. The molecule has 0 fully saturated rings. The summed E-state index contributed by atoms with van der Waals surface area (Å²) in [5, 5.41) is 10.0. The summed E-state index contributed by atoms with van der Waals surface area (Å²) in [5.74, 6) is 0.392. The van der Waals surface area contributed by atoms with E-state index in [0.29, 0.717) is 12.3 Å². The molecule has 1 atom stereocenters. The standard InChI is InChI=1S/C16H17BrN3O2P/c1-20(2)9-11(8-18)16(21)14-5-10-6-15(22-3-4-23)12(17)7-13(10)19-14/h5-7,9,19H,3-4,23H2,1-2H3/b11-9+. The summed E-state index contributed by atoms with van der Waals surface area (Å²) in [4.78, 5) is 17.2. The van der Waals surface area contributed by atoms with Crippen molar-refractivity contribution in [1.29, 1.82) is 5.26 Å². The Morgan fingerprint density at radius 3 is 2.83 bits per heavy atom. The van der Waals surface area contributed by atoms with Crippen LogP contribution in [-0.2, 0) is 0 Å². The van der Waals surface area contributed by atoms with Crippen LogP contribution >= 0.6 is 25.2 Å². The number of hydrogen-bond acceptors (Lipinski definition) is 4. The normalized spacial score (nSPS) is 11.3. The van der Waals surface area contributed by atoms with Crippen LogP contribution in [0.1, 0.15) is 10.5 Å². The highest BCUT2D eigenvalue weighted by Crippen LogP contribution is 2.31. The van der Waals surface area contributed by atoms with Gasteiger partial charge in [0, 0.05) is 31.2 Å². The van der Waals surface area contributed by atoms with Gasteiger partial charge in [-0.1, -0.05) is 0 Å². The number of H-pyrrole nitrogens is 1. The van der Waals surface area contributed by atoms with Crippen LogP contribution < -0.4 is 4.74 Å². The number of fused-ring (bicyclic) bond motifs is 1. The molecule has 1 N–H and O–H groups in total. The van der Waals surface area contributed by atoms with E-state index in [1.165, 1.54) is 6.20 Å². The van der Waals surface area contributed by atoms with Crippen LogP contribution in [0.2, 0.25) is 0 Å². The summed E-state index contributed by atoms with van der Waals surface area (Å²) in [6.45, 7) is 0.592. The van der Waals surface area contributed by atoms with Crippen molar-refractivity contribution in [3.63, 3.8) is 0 Å². The third-order valence-corrected chi connectivity index (χ3v) is 3.90. The molecule has 0 aliphatic rings. The van der Waals surface area contributed by atoms with Gasteiger partial charge in [-0.05, 0) is 40.3 Å². The number of rotatable bonds is 6. The third kappa shape index (κ3) is 4.13. The molecule has 0 aliphatic carbocycles. The van der Waals surface area contributed by atoms with Crippen molar-refractivity contribution in [2.45, 2.75) is 0 Å². The monoisotopic (exact) mass is 393 g/mol. The third-order valence-electron chi connectivity index (χ3n) is 3.05. The molecule has 0 amide bonds. The van der Waals surface area contributed by atoms with E-state index in [2.05, 4.69) is 30.2 Å². The molecule has 0 saturated heterocycles. The highest BCUT2D eigenvalue weighted by Gasteiger charge is 2.16. The van der Waals surface area contributed by atoms with Crippen LogP contribution in [0.4, 0.5) is 0 Å². The smallest absolute Gasteiger partial charge is 0.221 e. The second kappa shape index (κ2) is 7.63. The molecular formula is C16H17BrN3O2P. The predicted molar refractivity (Wildman–Crippen MR) is 97.8 cm³/mol. The lowest BCUT2D eigenvalue weighted by Crippen LogP contribution is -2.09. The maximum absolute atomic E-state index is 12.4. The van der Waals surface area contributed by atoms with Gasteiger partial charge >= 0.3 is 0 Å². The minimum atomic E-state index is -0.332. The molecule has 2 aromatic rings. The number of ether oxygens (including phenoxy) is 1. The Balaban J connectivity index is 2.40. The van der Waals surface area contributed by atoms with Crippen LogP contribution in [0.5, 0.6) is 5.75 Å². The largest absolute Gasteiger partial charge is 0.492 e. The first-order valence-electron chi connectivity index (χ1n) is 6.94. The molecule has 7 heteroatoms. The summed E-state index contributed by atoms with van der Waals surface area (Å²) in [6.07, 6.45) is 2.35. The molecular weight excluding hydrogens is 377 g/mol.